The molecule has 5 rings (SSSR count). The number of hydrogen-bond acceptors (Lipinski definition) is 6. The second-order valence-electron chi connectivity index (χ2n) is 8.74. The highest BCUT2D eigenvalue weighted by Crippen LogP contribution is 2.24. The normalized spacial score (nSPS) is 10.8. The van der Waals surface area contributed by atoms with Gasteiger partial charge in [-0.2, -0.15) is 0 Å². The number of nitrogens with one attached hydrogen (secondary N) is 2. The summed E-state index contributed by atoms with van der Waals surface area (Å²) < 4.78 is 34.4. The van der Waals surface area contributed by atoms with Crippen LogP contribution in [0.5, 0.6) is 5.75 Å². The average molecular weight is 573 g/mol. The summed E-state index contributed by atoms with van der Waals surface area (Å²) in [6, 6.07) is 22.7. The quantitative estimate of drug-likeness (QED) is 0.184. The van der Waals surface area contributed by atoms with Crippen molar-refractivity contribution in [3.05, 3.63) is 119 Å². The molecule has 0 saturated carbocycles. The Morgan fingerprint density at radius 1 is 0.902 bits per heavy atom. The van der Waals surface area contributed by atoms with Crippen LogP contribution in [-0.2, 0) is 4.79 Å². The van der Waals surface area contributed by atoms with Crippen LogP contribution in [0.25, 0.3) is 16.6 Å². The number of methoxy groups -OCH3 is 1. The van der Waals surface area contributed by atoms with Gasteiger partial charge in [0.05, 0.1) is 29.5 Å². The molecule has 5 aromatic rings. The Labute approximate surface area is 237 Å². The summed E-state index contributed by atoms with van der Waals surface area (Å²) in [6.07, 6.45) is 0. The molecule has 0 saturated heterocycles. The lowest BCUT2D eigenvalue weighted by Crippen LogP contribution is -2.23. The van der Waals surface area contributed by atoms with Gasteiger partial charge in [-0.25, -0.2) is 13.8 Å². The van der Waals surface area contributed by atoms with E-state index in [-0.39, 0.29) is 27.9 Å². The van der Waals surface area contributed by atoms with Crippen molar-refractivity contribution in [1.29, 1.82) is 0 Å². The molecule has 0 aliphatic rings. The third-order valence-corrected chi connectivity index (χ3v) is 6.95. The number of hydrogen-bond donors (Lipinski definition) is 2. The summed E-state index contributed by atoms with van der Waals surface area (Å²) in [4.78, 5) is 43.0. The van der Waals surface area contributed by atoms with E-state index in [4.69, 9.17) is 4.74 Å². The number of fused-ring (bicyclic) bond motifs is 1. The minimum atomic E-state index is -0.938. The first-order valence-electron chi connectivity index (χ1n) is 12.3. The molecular weight excluding hydrogens is 550 g/mol. The zero-order valence-corrected chi connectivity index (χ0v) is 22.4. The molecule has 0 bridgehead atoms. The molecular formula is C30H22F2N4O4S. The second-order valence-corrected chi connectivity index (χ2v) is 9.69. The second kappa shape index (κ2) is 12.0. The molecule has 11 heteroatoms. The maximum atomic E-state index is 14.7. The Bertz CT molecular complexity index is 1810. The van der Waals surface area contributed by atoms with Gasteiger partial charge in [0.15, 0.2) is 5.16 Å². The molecule has 2 N–H and O–H groups in total. The van der Waals surface area contributed by atoms with Crippen LogP contribution in [-0.4, -0.2) is 34.2 Å². The van der Waals surface area contributed by atoms with Gasteiger partial charge in [-0.05, 0) is 72.8 Å². The zero-order chi connectivity index (χ0) is 28.9. The van der Waals surface area contributed by atoms with Gasteiger partial charge in [0.2, 0.25) is 5.91 Å². The standard InChI is InChI=1S/C30H22F2N4O4S/c1-40-22-13-11-21(12-14-22)34-28(38)18-6-9-20(10-7-18)33-27(37)17-41-30-35-25-5-3-2-4-23(25)29(39)36(30)26-15-8-19(31)16-24(26)32/h2-16H,17H2,1H3,(H,33,37)(H,34,38). The van der Waals surface area contributed by atoms with Crippen molar-refractivity contribution in [3.8, 4) is 11.4 Å². The molecule has 0 aliphatic heterocycles. The fraction of sp³-hybridized carbons (Fsp3) is 0.0667. The van der Waals surface area contributed by atoms with Crippen molar-refractivity contribution < 1.29 is 23.1 Å². The van der Waals surface area contributed by atoms with Gasteiger partial charge in [0.25, 0.3) is 11.5 Å². The van der Waals surface area contributed by atoms with Crippen molar-refractivity contribution >= 4 is 45.9 Å². The van der Waals surface area contributed by atoms with Gasteiger partial charge >= 0.3 is 0 Å². The highest BCUT2D eigenvalue weighted by atomic mass is 32.2. The molecule has 8 nitrogen and oxygen atoms in total. The Morgan fingerprint density at radius 3 is 2.29 bits per heavy atom. The Morgan fingerprint density at radius 2 is 1.59 bits per heavy atom. The summed E-state index contributed by atoms with van der Waals surface area (Å²) >= 11 is 0.929. The van der Waals surface area contributed by atoms with Gasteiger partial charge in [-0.1, -0.05) is 23.9 Å². The fourth-order valence-electron chi connectivity index (χ4n) is 3.99. The lowest BCUT2D eigenvalue weighted by atomic mass is 10.2. The van der Waals surface area contributed by atoms with Gasteiger partial charge in [0.1, 0.15) is 17.4 Å². The Balaban J connectivity index is 1.29. The number of rotatable bonds is 8. The summed E-state index contributed by atoms with van der Waals surface area (Å²) in [5, 5.41) is 5.83. The summed E-state index contributed by atoms with van der Waals surface area (Å²) in [7, 11) is 1.56. The third-order valence-electron chi connectivity index (χ3n) is 6.01. The molecule has 0 aliphatic carbocycles. The van der Waals surface area contributed by atoms with Crippen molar-refractivity contribution in [1.82, 2.24) is 9.55 Å². The molecule has 0 radical (unpaired) electrons. The van der Waals surface area contributed by atoms with Gasteiger partial charge in [-0.15, -0.1) is 0 Å². The number of para-hydroxylation sites is 1. The molecule has 2 amide bonds. The van der Waals surface area contributed by atoms with Crippen molar-refractivity contribution in [3.63, 3.8) is 0 Å². The topological polar surface area (TPSA) is 102 Å². The number of anilines is 2. The largest absolute Gasteiger partial charge is 0.497 e. The molecule has 0 unspecified atom stereocenters. The van der Waals surface area contributed by atoms with Crippen LogP contribution in [0.1, 0.15) is 10.4 Å². The number of aromatic nitrogens is 2. The van der Waals surface area contributed by atoms with Crippen molar-refractivity contribution in [2.75, 3.05) is 23.5 Å². The molecule has 206 valence electrons. The van der Waals surface area contributed by atoms with Crippen molar-refractivity contribution in [2.24, 2.45) is 0 Å². The molecule has 1 aromatic heterocycles. The predicted molar refractivity (Wildman–Crippen MR) is 154 cm³/mol. The van der Waals surface area contributed by atoms with Crippen LogP contribution in [0.3, 0.4) is 0 Å². The first kappa shape index (κ1) is 27.5. The minimum Gasteiger partial charge on any atom is -0.497 e. The molecule has 0 atom stereocenters. The van der Waals surface area contributed by atoms with E-state index >= 15 is 0 Å². The van der Waals surface area contributed by atoms with E-state index in [9.17, 15) is 23.2 Å². The number of thioether (sulfide) groups is 1. The minimum absolute atomic E-state index is 0.0694. The molecule has 41 heavy (non-hydrogen) atoms. The van der Waals surface area contributed by atoms with Crippen LogP contribution in [0.2, 0.25) is 0 Å². The third kappa shape index (κ3) is 6.25. The van der Waals surface area contributed by atoms with Crippen LogP contribution in [0.15, 0.2) is 101 Å². The number of carbonyl (C=O) groups is 2. The van der Waals surface area contributed by atoms with E-state index in [0.717, 1.165) is 28.5 Å². The highest BCUT2D eigenvalue weighted by Gasteiger charge is 2.18. The monoisotopic (exact) mass is 572 g/mol. The van der Waals surface area contributed by atoms with E-state index < -0.39 is 23.1 Å². The molecule has 0 spiro atoms. The zero-order valence-electron chi connectivity index (χ0n) is 21.6. The molecule has 0 fully saturated rings. The van der Waals surface area contributed by atoms with E-state index in [0.29, 0.717) is 34.3 Å². The fourth-order valence-corrected chi connectivity index (χ4v) is 4.80. The maximum Gasteiger partial charge on any atom is 0.266 e. The van der Waals surface area contributed by atoms with E-state index in [1.165, 1.54) is 0 Å². The summed E-state index contributed by atoms with van der Waals surface area (Å²) in [5.41, 5.74) is 1.09. The first-order chi connectivity index (χ1) is 19.8. The van der Waals surface area contributed by atoms with Crippen LogP contribution < -0.4 is 20.9 Å². The smallest absolute Gasteiger partial charge is 0.266 e. The summed E-state index contributed by atoms with van der Waals surface area (Å²) in [6.45, 7) is 0. The number of nitrogens with zero attached hydrogens (tertiary/aromatic N) is 2. The number of carbonyl (C=O) groups excluding carboxylic acids is 2. The first-order valence-corrected chi connectivity index (χ1v) is 13.3. The van der Waals surface area contributed by atoms with Crippen molar-refractivity contribution in [2.45, 2.75) is 5.16 Å². The predicted octanol–water partition coefficient (Wildman–Crippen LogP) is 5.66. The lowest BCUT2D eigenvalue weighted by Gasteiger charge is -2.14. The number of halogens is 2. The average Bonchev–Trinajstić information content (AvgIpc) is 2.97. The van der Waals surface area contributed by atoms with E-state index in [1.807, 2.05) is 0 Å². The van der Waals surface area contributed by atoms with Crippen LogP contribution >= 0.6 is 11.8 Å². The molecule has 4 aromatic carbocycles. The maximum absolute atomic E-state index is 14.7. The van der Waals surface area contributed by atoms with E-state index in [2.05, 4.69) is 15.6 Å². The SMILES string of the molecule is COc1ccc(NC(=O)c2ccc(NC(=O)CSc3nc4ccccc4c(=O)n3-c3ccc(F)cc3F)cc2)cc1. The number of amides is 2. The van der Waals surface area contributed by atoms with E-state index in [1.54, 1.807) is 79.9 Å². The molecule has 1 heterocycles. The Hall–Kier alpha value is -5.03. The van der Waals surface area contributed by atoms with Crippen LogP contribution in [0.4, 0.5) is 20.2 Å². The number of benzene rings is 4. The van der Waals surface area contributed by atoms with Gasteiger partial charge < -0.3 is 15.4 Å². The van der Waals surface area contributed by atoms with Crippen LogP contribution in [0, 0.1) is 11.6 Å². The van der Waals surface area contributed by atoms with Gasteiger partial charge in [0, 0.05) is 23.0 Å². The highest BCUT2D eigenvalue weighted by molar-refractivity contribution is 7.99. The number of ether oxygens (including phenoxy) is 1. The van der Waals surface area contributed by atoms with Gasteiger partial charge in [-0.3, -0.25) is 19.0 Å². The lowest BCUT2D eigenvalue weighted by molar-refractivity contribution is -0.113. The summed E-state index contributed by atoms with van der Waals surface area (Å²) in [5.74, 6) is -1.95. The Kier molecular flexibility index (Phi) is 8.06.